The van der Waals surface area contributed by atoms with Crippen molar-refractivity contribution in [2.45, 2.75) is 20.3 Å². The molecule has 0 aliphatic rings. The van der Waals surface area contributed by atoms with Crippen molar-refractivity contribution in [2.24, 2.45) is 0 Å². The number of fused-ring (bicyclic) bond motifs is 1. The Morgan fingerprint density at radius 3 is 2.82 bits per heavy atom. The minimum absolute atomic E-state index is 0.216. The second kappa shape index (κ2) is 5.16. The number of hydrogen-bond donors (Lipinski definition) is 1. The molecule has 0 radical (unpaired) electrons. The molecule has 2 nitrogen and oxygen atoms in total. The van der Waals surface area contributed by atoms with Crippen molar-refractivity contribution in [3.05, 3.63) is 33.3 Å². The van der Waals surface area contributed by atoms with Gasteiger partial charge in [0.2, 0.25) is 0 Å². The smallest absolute Gasteiger partial charge is 0.125 e. The summed E-state index contributed by atoms with van der Waals surface area (Å²) in [5.74, 6) is -0.216. The van der Waals surface area contributed by atoms with Gasteiger partial charge in [-0.15, -0.1) is 0 Å². The number of nitrogens with one attached hydrogen (secondary N) is 1. The van der Waals surface area contributed by atoms with Crippen LogP contribution in [0.15, 0.2) is 18.2 Å². The van der Waals surface area contributed by atoms with Crippen LogP contribution in [0, 0.1) is 16.3 Å². The minimum atomic E-state index is -0.216. The molecule has 0 fully saturated rings. The van der Waals surface area contributed by atoms with E-state index in [4.69, 9.17) is 0 Å². The number of aromatic nitrogens is 1. The average molecular weight is 344 g/mol. The van der Waals surface area contributed by atoms with Crippen LogP contribution in [0.4, 0.5) is 10.1 Å². The van der Waals surface area contributed by atoms with Gasteiger partial charge in [-0.25, -0.2) is 4.39 Å². The largest absolute Gasteiger partial charge is 0.384 e. The van der Waals surface area contributed by atoms with E-state index in [1.165, 1.54) is 6.07 Å². The van der Waals surface area contributed by atoms with E-state index in [2.05, 4.69) is 39.8 Å². The van der Waals surface area contributed by atoms with Crippen LogP contribution in [-0.4, -0.2) is 11.5 Å². The molecule has 1 aromatic heterocycles. The number of nitrogens with zero attached hydrogens (tertiary/aromatic N) is 1. The van der Waals surface area contributed by atoms with Crippen molar-refractivity contribution in [3.8, 4) is 0 Å². The zero-order valence-corrected chi connectivity index (χ0v) is 12.0. The van der Waals surface area contributed by atoms with E-state index in [9.17, 15) is 4.39 Å². The molecule has 1 aromatic carbocycles. The summed E-state index contributed by atoms with van der Waals surface area (Å²) in [6, 6.07) is 5.02. The molecule has 0 bridgehead atoms. The van der Waals surface area contributed by atoms with Gasteiger partial charge in [0.25, 0.3) is 0 Å². The van der Waals surface area contributed by atoms with E-state index in [0.717, 1.165) is 38.8 Å². The fraction of sp³-hybridized carbons (Fsp3) is 0.308. The minimum Gasteiger partial charge on any atom is -0.384 e. The van der Waals surface area contributed by atoms with Crippen LogP contribution in [0.2, 0.25) is 0 Å². The highest BCUT2D eigenvalue weighted by Crippen LogP contribution is 2.27. The van der Waals surface area contributed by atoms with E-state index in [0.29, 0.717) is 0 Å². The van der Waals surface area contributed by atoms with Crippen molar-refractivity contribution in [3.63, 3.8) is 0 Å². The van der Waals surface area contributed by atoms with Crippen LogP contribution in [0.25, 0.3) is 10.9 Å². The maximum absolute atomic E-state index is 13.4. The van der Waals surface area contributed by atoms with Crippen LogP contribution in [0.3, 0.4) is 0 Å². The molecule has 17 heavy (non-hydrogen) atoms. The Hall–Kier alpha value is -0.910. The zero-order valence-electron chi connectivity index (χ0n) is 9.85. The molecule has 1 N–H and O–H groups in total. The summed E-state index contributed by atoms with van der Waals surface area (Å²) in [7, 11) is 0. The predicted molar refractivity (Wildman–Crippen MR) is 77.9 cm³/mol. The Kier molecular flexibility index (Phi) is 3.81. The van der Waals surface area contributed by atoms with Crippen LogP contribution in [0.5, 0.6) is 0 Å². The lowest BCUT2D eigenvalue weighted by Gasteiger charge is -2.11. The lowest BCUT2D eigenvalue weighted by Crippen LogP contribution is -2.02. The Labute approximate surface area is 114 Å². The summed E-state index contributed by atoms with van der Waals surface area (Å²) in [6.07, 6.45) is 1.04. The molecule has 2 aromatic rings. The standard InChI is InChI=1S/C13H14FIN2/c1-3-4-16-12-5-8(2)17-13-10(12)6-9(14)7-11(13)15/h5-7H,3-4H2,1-2H3,(H,16,17). The van der Waals surface area contributed by atoms with Crippen molar-refractivity contribution >= 4 is 39.2 Å². The normalized spacial score (nSPS) is 10.8. The number of rotatable bonds is 3. The Morgan fingerprint density at radius 1 is 1.35 bits per heavy atom. The Bertz CT molecular complexity index is 555. The van der Waals surface area contributed by atoms with Gasteiger partial charge in [0.15, 0.2) is 0 Å². The van der Waals surface area contributed by atoms with E-state index in [1.54, 1.807) is 6.07 Å². The van der Waals surface area contributed by atoms with Gasteiger partial charge in [-0.3, -0.25) is 4.98 Å². The molecule has 2 rings (SSSR count). The van der Waals surface area contributed by atoms with Gasteiger partial charge in [0, 0.05) is 26.9 Å². The first-order valence-electron chi connectivity index (χ1n) is 5.62. The van der Waals surface area contributed by atoms with Crippen LogP contribution in [-0.2, 0) is 0 Å². The topological polar surface area (TPSA) is 24.9 Å². The first-order valence-corrected chi connectivity index (χ1v) is 6.70. The number of benzene rings is 1. The van der Waals surface area contributed by atoms with Crippen molar-refractivity contribution in [2.75, 3.05) is 11.9 Å². The molecule has 0 atom stereocenters. The third-order valence-electron chi connectivity index (χ3n) is 2.53. The summed E-state index contributed by atoms with van der Waals surface area (Å²) in [5.41, 5.74) is 2.78. The number of anilines is 1. The fourth-order valence-electron chi connectivity index (χ4n) is 1.79. The predicted octanol–water partition coefficient (Wildman–Crippen LogP) is 4.11. The summed E-state index contributed by atoms with van der Waals surface area (Å²) in [4.78, 5) is 4.47. The van der Waals surface area contributed by atoms with Crippen molar-refractivity contribution in [1.29, 1.82) is 0 Å². The van der Waals surface area contributed by atoms with Gasteiger partial charge in [0.05, 0.1) is 5.52 Å². The molecule has 0 amide bonds. The first-order chi connectivity index (χ1) is 8.11. The first kappa shape index (κ1) is 12.5. The van der Waals surface area contributed by atoms with Gasteiger partial charge in [0.1, 0.15) is 5.82 Å². The number of aryl methyl sites for hydroxylation is 1. The summed E-state index contributed by atoms with van der Waals surface area (Å²) in [5, 5.41) is 4.18. The summed E-state index contributed by atoms with van der Waals surface area (Å²) >= 11 is 2.12. The van der Waals surface area contributed by atoms with Gasteiger partial charge < -0.3 is 5.32 Å². The Morgan fingerprint density at radius 2 is 2.12 bits per heavy atom. The highest BCUT2D eigenvalue weighted by atomic mass is 127. The zero-order chi connectivity index (χ0) is 12.4. The third-order valence-corrected chi connectivity index (χ3v) is 3.35. The van der Waals surface area contributed by atoms with Crippen molar-refractivity contribution in [1.82, 2.24) is 4.98 Å². The fourth-order valence-corrected chi connectivity index (χ4v) is 2.49. The van der Waals surface area contributed by atoms with Crippen molar-refractivity contribution < 1.29 is 4.39 Å². The third kappa shape index (κ3) is 2.68. The SMILES string of the molecule is CCCNc1cc(C)nc2c(I)cc(F)cc12. The molecule has 0 saturated heterocycles. The maximum Gasteiger partial charge on any atom is 0.125 e. The summed E-state index contributed by atoms with van der Waals surface area (Å²) < 4.78 is 14.3. The molecule has 0 aliphatic carbocycles. The monoisotopic (exact) mass is 344 g/mol. The average Bonchev–Trinajstić information content (AvgIpc) is 2.27. The molecular formula is C13H14FIN2. The molecule has 0 spiro atoms. The quantitative estimate of drug-likeness (QED) is 0.848. The molecule has 1 heterocycles. The molecule has 0 saturated carbocycles. The molecule has 0 aliphatic heterocycles. The van der Waals surface area contributed by atoms with E-state index in [-0.39, 0.29) is 5.82 Å². The van der Waals surface area contributed by atoms with Gasteiger partial charge in [-0.1, -0.05) is 6.92 Å². The second-order valence-corrected chi connectivity index (χ2v) is 5.18. The van der Waals surface area contributed by atoms with Crippen LogP contribution in [0.1, 0.15) is 19.0 Å². The molecule has 0 unspecified atom stereocenters. The lowest BCUT2D eigenvalue weighted by molar-refractivity contribution is 0.628. The van der Waals surface area contributed by atoms with Gasteiger partial charge in [-0.05, 0) is 54.1 Å². The highest BCUT2D eigenvalue weighted by molar-refractivity contribution is 14.1. The molecule has 4 heteroatoms. The molecular weight excluding hydrogens is 330 g/mol. The maximum atomic E-state index is 13.4. The number of halogens is 2. The molecule has 90 valence electrons. The van der Waals surface area contributed by atoms with Crippen LogP contribution >= 0.6 is 22.6 Å². The van der Waals surface area contributed by atoms with Crippen LogP contribution < -0.4 is 5.32 Å². The van der Waals surface area contributed by atoms with E-state index < -0.39 is 0 Å². The second-order valence-electron chi connectivity index (χ2n) is 4.02. The number of pyridine rings is 1. The van der Waals surface area contributed by atoms with E-state index >= 15 is 0 Å². The lowest BCUT2D eigenvalue weighted by atomic mass is 10.1. The van der Waals surface area contributed by atoms with Gasteiger partial charge >= 0.3 is 0 Å². The highest BCUT2D eigenvalue weighted by Gasteiger charge is 2.08. The van der Waals surface area contributed by atoms with E-state index in [1.807, 2.05) is 13.0 Å². The Balaban J connectivity index is 2.64. The van der Waals surface area contributed by atoms with Gasteiger partial charge in [-0.2, -0.15) is 0 Å². The number of hydrogen-bond acceptors (Lipinski definition) is 2. The summed E-state index contributed by atoms with van der Waals surface area (Å²) in [6.45, 7) is 4.94.